The number of aliphatic carboxylic acids is 2. The van der Waals surface area contributed by atoms with Gasteiger partial charge in [-0.1, -0.05) is 45.4 Å². The van der Waals surface area contributed by atoms with Gasteiger partial charge in [-0.15, -0.1) is 0 Å². The highest BCUT2D eigenvalue weighted by Gasteiger charge is 2.56. The first-order valence-corrected chi connectivity index (χ1v) is 14.4. The van der Waals surface area contributed by atoms with Crippen molar-refractivity contribution < 1.29 is 19.8 Å². The Bertz CT molecular complexity index is 725. The molecule has 0 aromatic rings. The molecule has 210 valence electrons. The Labute approximate surface area is 220 Å². The molecule has 6 heteroatoms. The molecule has 0 radical (unpaired) electrons. The Morgan fingerprint density at radius 3 is 1.53 bits per heavy atom. The van der Waals surface area contributed by atoms with Crippen molar-refractivity contribution in [3.05, 3.63) is 0 Å². The molecule has 0 spiro atoms. The molecule has 1 atom stereocenters. The SMILES string of the molecule is CCCCCCCCC(C1CC(C)(C)NC(C)(C)C1)C(C(=O)[O-])(C(=O)[O-])C1CC(C)(C)NC(C)(C)C1. The molecule has 2 fully saturated rings. The lowest BCUT2D eigenvalue weighted by atomic mass is 9.53. The number of carboxylic acids is 2. The number of nitrogens with one attached hydrogen (secondary N) is 2. The first-order valence-electron chi connectivity index (χ1n) is 14.4. The number of carboxylic acid groups (broad SMARTS) is 2. The van der Waals surface area contributed by atoms with E-state index < -0.39 is 29.2 Å². The van der Waals surface area contributed by atoms with Crippen LogP contribution >= 0.6 is 0 Å². The minimum atomic E-state index is -2.02. The number of hydrogen-bond donors (Lipinski definition) is 2. The Morgan fingerprint density at radius 2 is 1.11 bits per heavy atom. The smallest absolute Gasteiger partial charge is 0.0554 e. The molecule has 0 bridgehead atoms. The average molecular weight is 507 g/mol. The number of carbonyl (C=O) groups is 2. The average Bonchev–Trinajstić information content (AvgIpc) is 2.64. The second-order valence-corrected chi connectivity index (χ2v) is 14.7. The van der Waals surface area contributed by atoms with Gasteiger partial charge in [-0.05, 0) is 105 Å². The number of rotatable bonds is 12. The summed E-state index contributed by atoms with van der Waals surface area (Å²) in [5.74, 6) is -4.06. The van der Waals surface area contributed by atoms with E-state index in [1.807, 2.05) is 27.7 Å². The van der Waals surface area contributed by atoms with Gasteiger partial charge in [0.25, 0.3) is 0 Å². The van der Waals surface area contributed by atoms with Gasteiger partial charge in [-0.3, -0.25) is 0 Å². The largest absolute Gasteiger partial charge is 0.549 e. The van der Waals surface area contributed by atoms with E-state index >= 15 is 0 Å². The highest BCUT2D eigenvalue weighted by molar-refractivity contribution is 5.97. The minimum Gasteiger partial charge on any atom is -0.549 e. The molecule has 36 heavy (non-hydrogen) atoms. The molecule has 1 unspecified atom stereocenters. The van der Waals surface area contributed by atoms with E-state index in [0.717, 1.165) is 38.5 Å². The molecule has 0 amide bonds. The Hall–Kier alpha value is -1.14. The summed E-state index contributed by atoms with van der Waals surface area (Å²) in [6.07, 6.45) is 9.42. The summed E-state index contributed by atoms with van der Waals surface area (Å²) in [6.45, 7) is 18.9. The van der Waals surface area contributed by atoms with Gasteiger partial charge in [0.2, 0.25) is 0 Å². The van der Waals surface area contributed by atoms with Gasteiger partial charge in [0.05, 0.1) is 17.4 Å². The second-order valence-electron chi connectivity index (χ2n) is 14.7. The van der Waals surface area contributed by atoms with Gasteiger partial charge in [0, 0.05) is 22.2 Å². The van der Waals surface area contributed by atoms with Crippen LogP contribution in [0.4, 0.5) is 0 Å². The van der Waals surface area contributed by atoms with E-state index in [0.29, 0.717) is 19.3 Å². The molecule has 2 saturated heterocycles. The second kappa shape index (κ2) is 11.3. The van der Waals surface area contributed by atoms with Crippen molar-refractivity contribution in [2.75, 3.05) is 0 Å². The summed E-state index contributed by atoms with van der Waals surface area (Å²) in [5.41, 5.74) is -3.24. The third-order valence-electron chi connectivity index (χ3n) is 8.75. The monoisotopic (exact) mass is 506 g/mol. The Kier molecular flexibility index (Phi) is 9.76. The molecule has 0 aromatic carbocycles. The molecule has 2 rings (SSSR count). The summed E-state index contributed by atoms with van der Waals surface area (Å²) >= 11 is 0. The highest BCUT2D eigenvalue weighted by atomic mass is 16.4. The van der Waals surface area contributed by atoms with Crippen LogP contribution in [0, 0.1) is 23.2 Å². The summed E-state index contributed by atoms with van der Waals surface area (Å²) in [4.78, 5) is 26.4. The van der Waals surface area contributed by atoms with Crippen LogP contribution in [0.25, 0.3) is 0 Å². The zero-order valence-electron chi connectivity index (χ0n) is 24.6. The van der Waals surface area contributed by atoms with E-state index in [4.69, 9.17) is 0 Å². The zero-order valence-corrected chi connectivity index (χ0v) is 24.6. The van der Waals surface area contributed by atoms with Crippen molar-refractivity contribution in [3.63, 3.8) is 0 Å². The molecule has 2 heterocycles. The molecule has 0 aliphatic carbocycles. The van der Waals surface area contributed by atoms with Crippen molar-refractivity contribution in [2.24, 2.45) is 23.2 Å². The van der Waals surface area contributed by atoms with E-state index in [1.165, 1.54) is 12.8 Å². The summed E-state index contributed by atoms with van der Waals surface area (Å²) in [6, 6.07) is 0. The van der Waals surface area contributed by atoms with Crippen LogP contribution in [-0.4, -0.2) is 34.1 Å². The Morgan fingerprint density at radius 1 is 0.722 bits per heavy atom. The Balaban J connectivity index is 2.56. The number of hydrogen-bond acceptors (Lipinski definition) is 6. The fraction of sp³-hybridized carbons (Fsp3) is 0.933. The minimum absolute atomic E-state index is 0.0520. The van der Waals surface area contributed by atoms with E-state index in [1.54, 1.807) is 0 Å². The predicted octanol–water partition coefficient (Wildman–Crippen LogP) is 3.95. The van der Waals surface area contributed by atoms with E-state index in [2.05, 4.69) is 45.3 Å². The van der Waals surface area contributed by atoms with Gasteiger partial charge in [-0.2, -0.15) is 0 Å². The lowest BCUT2D eigenvalue weighted by Crippen LogP contribution is -2.69. The molecular formula is C30H54N2O4-2. The maximum Gasteiger partial charge on any atom is 0.0554 e. The van der Waals surface area contributed by atoms with E-state index in [9.17, 15) is 19.8 Å². The highest BCUT2D eigenvalue weighted by Crippen LogP contribution is 2.53. The molecule has 0 saturated carbocycles. The topological polar surface area (TPSA) is 104 Å². The third kappa shape index (κ3) is 7.46. The van der Waals surface area contributed by atoms with Crippen LogP contribution in [0.15, 0.2) is 0 Å². The number of piperidine rings is 2. The fourth-order valence-electron chi connectivity index (χ4n) is 8.33. The van der Waals surface area contributed by atoms with Crippen LogP contribution in [-0.2, 0) is 9.59 Å². The van der Waals surface area contributed by atoms with Crippen molar-refractivity contribution >= 4 is 11.9 Å². The van der Waals surface area contributed by atoms with Crippen LogP contribution in [0.2, 0.25) is 0 Å². The molecule has 0 aromatic heterocycles. The maximum atomic E-state index is 13.2. The van der Waals surface area contributed by atoms with Gasteiger partial charge in [0.15, 0.2) is 0 Å². The lowest BCUT2D eigenvalue weighted by molar-refractivity contribution is -0.354. The number of unbranched alkanes of at least 4 members (excludes halogenated alkanes) is 5. The van der Waals surface area contributed by atoms with Crippen molar-refractivity contribution in [3.8, 4) is 0 Å². The standard InChI is InChI=1S/C30H56N2O4/c1-10-11-12-13-14-15-16-23(21-17-26(2,3)31-27(4,5)18-21)30(24(33)34,25(35)36)22-19-28(6,7)32-29(8,9)20-22/h21-23,31-32H,10-20H2,1-9H3,(H,33,34)(H,35,36)/p-2. The first-order chi connectivity index (χ1) is 16.4. The van der Waals surface area contributed by atoms with Crippen LogP contribution in [0.5, 0.6) is 0 Å². The van der Waals surface area contributed by atoms with Gasteiger partial charge in [-0.25, -0.2) is 0 Å². The fourth-order valence-corrected chi connectivity index (χ4v) is 8.33. The molecular weight excluding hydrogens is 452 g/mol. The van der Waals surface area contributed by atoms with Crippen molar-refractivity contribution in [1.82, 2.24) is 10.6 Å². The van der Waals surface area contributed by atoms with Crippen LogP contribution < -0.4 is 20.8 Å². The zero-order chi connectivity index (χ0) is 27.6. The van der Waals surface area contributed by atoms with Crippen molar-refractivity contribution in [1.29, 1.82) is 0 Å². The first kappa shape index (κ1) is 31.1. The summed E-state index contributed by atoms with van der Waals surface area (Å²) in [7, 11) is 0. The third-order valence-corrected chi connectivity index (χ3v) is 8.75. The number of carbonyl (C=O) groups excluding carboxylic acids is 2. The summed E-state index contributed by atoms with van der Waals surface area (Å²) in [5, 5.41) is 33.7. The van der Waals surface area contributed by atoms with Gasteiger partial charge >= 0.3 is 0 Å². The van der Waals surface area contributed by atoms with Gasteiger partial charge in [0.1, 0.15) is 0 Å². The summed E-state index contributed by atoms with van der Waals surface area (Å²) < 4.78 is 0. The van der Waals surface area contributed by atoms with Gasteiger partial charge < -0.3 is 30.4 Å². The molecule has 2 aliphatic rings. The molecule has 2 aliphatic heterocycles. The van der Waals surface area contributed by atoms with Crippen LogP contribution in [0.1, 0.15) is 133 Å². The predicted molar refractivity (Wildman–Crippen MR) is 142 cm³/mol. The van der Waals surface area contributed by atoms with E-state index in [-0.39, 0.29) is 28.1 Å². The molecule has 6 nitrogen and oxygen atoms in total. The quantitative estimate of drug-likeness (QED) is 0.307. The molecule has 2 N–H and O–H groups in total. The maximum absolute atomic E-state index is 13.2. The lowest BCUT2D eigenvalue weighted by Gasteiger charge is -2.59. The normalized spacial score (nSPS) is 24.8. The van der Waals surface area contributed by atoms with Crippen molar-refractivity contribution in [2.45, 2.75) is 155 Å². The van der Waals surface area contributed by atoms with Crippen LogP contribution in [0.3, 0.4) is 0 Å².